The van der Waals surface area contributed by atoms with E-state index in [0.717, 1.165) is 23.0 Å². The number of ether oxygens (including phenoxy) is 1. The number of esters is 1. The van der Waals surface area contributed by atoms with Gasteiger partial charge in [0.25, 0.3) is 0 Å². The summed E-state index contributed by atoms with van der Waals surface area (Å²) in [6.07, 6.45) is 0.393. The largest absolute Gasteiger partial charge is 0.453 e. The van der Waals surface area contributed by atoms with Crippen molar-refractivity contribution in [1.82, 2.24) is 9.47 Å². The first kappa shape index (κ1) is 18.5. The number of hydrogen-bond donors (Lipinski definition) is 0. The minimum absolute atomic E-state index is 0.317. The maximum Gasteiger partial charge on any atom is 0.355 e. The third-order valence-electron chi connectivity index (χ3n) is 4.49. The fourth-order valence-corrected chi connectivity index (χ4v) is 3.15. The molecule has 136 valence electrons. The number of halogens is 1. The Morgan fingerprint density at radius 2 is 1.85 bits per heavy atom. The second-order valence-corrected chi connectivity index (χ2v) is 7.12. The van der Waals surface area contributed by atoms with Crippen molar-refractivity contribution in [3.8, 4) is 0 Å². The number of hydrogen-bond acceptors (Lipinski definition) is 3. The van der Waals surface area contributed by atoms with Crippen LogP contribution in [0.1, 0.15) is 28.6 Å². The van der Waals surface area contributed by atoms with E-state index in [4.69, 9.17) is 16.3 Å². The van der Waals surface area contributed by atoms with Crippen molar-refractivity contribution in [2.75, 3.05) is 20.6 Å². The fourth-order valence-electron chi connectivity index (χ4n) is 3.02. The molecule has 0 saturated heterocycles. The van der Waals surface area contributed by atoms with E-state index in [1.807, 2.05) is 80.3 Å². The summed E-state index contributed by atoms with van der Waals surface area (Å²) in [6, 6.07) is 17.3. The van der Waals surface area contributed by atoms with Crippen molar-refractivity contribution >= 4 is 28.5 Å². The van der Waals surface area contributed by atoms with Crippen LogP contribution in [0.3, 0.4) is 0 Å². The summed E-state index contributed by atoms with van der Waals surface area (Å²) in [7, 11) is 5.89. The van der Waals surface area contributed by atoms with Crippen molar-refractivity contribution < 1.29 is 9.53 Å². The van der Waals surface area contributed by atoms with Gasteiger partial charge in [0, 0.05) is 35.9 Å². The highest BCUT2D eigenvalue weighted by atomic mass is 35.5. The molecule has 0 aliphatic carbocycles. The van der Waals surface area contributed by atoms with Crippen molar-refractivity contribution in [2.24, 2.45) is 7.05 Å². The molecule has 0 aliphatic rings. The van der Waals surface area contributed by atoms with E-state index in [1.54, 1.807) is 0 Å². The third-order valence-corrected chi connectivity index (χ3v) is 4.74. The molecule has 0 fully saturated rings. The molecule has 26 heavy (non-hydrogen) atoms. The Kier molecular flexibility index (Phi) is 5.64. The van der Waals surface area contributed by atoms with E-state index in [1.165, 1.54) is 0 Å². The maximum atomic E-state index is 12.8. The molecule has 0 N–H and O–H groups in total. The SMILES string of the molecule is CN(C)CCC(OC(=O)c1cc2ccccc2n1C)c1ccc(Cl)cc1. The van der Waals surface area contributed by atoms with Crippen LogP contribution in [0.2, 0.25) is 5.02 Å². The van der Waals surface area contributed by atoms with Crippen LogP contribution < -0.4 is 0 Å². The summed E-state index contributed by atoms with van der Waals surface area (Å²) >= 11 is 5.99. The number of carbonyl (C=O) groups excluding carboxylic acids is 1. The molecule has 2 aromatic carbocycles. The average Bonchev–Trinajstić information content (AvgIpc) is 2.96. The minimum atomic E-state index is -0.319. The highest BCUT2D eigenvalue weighted by molar-refractivity contribution is 6.30. The molecule has 0 saturated carbocycles. The number of fused-ring (bicyclic) bond motifs is 1. The van der Waals surface area contributed by atoms with Gasteiger partial charge in [-0.25, -0.2) is 4.79 Å². The van der Waals surface area contributed by atoms with E-state index in [9.17, 15) is 4.79 Å². The van der Waals surface area contributed by atoms with Crippen molar-refractivity contribution in [3.63, 3.8) is 0 Å². The number of benzene rings is 2. The molecular formula is C21H23ClN2O2. The van der Waals surface area contributed by atoms with Crippen LogP contribution in [0.5, 0.6) is 0 Å². The summed E-state index contributed by atoms with van der Waals surface area (Å²) in [6.45, 7) is 0.815. The van der Waals surface area contributed by atoms with Gasteiger partial charge in [-0.1, -0.05) is 41.9 Å². The minimum Gasteiger partial charge on any atom is -0.453 e. The lowest BCUT2D eigenvalue weighted by atomic mass is 10.1. The molecule has 3 rings (SSSR count). The molecule has 3 aromatic rings. The molecule has 1 heterocycles. The Morgan fingerprint density at radius 1 is 1.15 bits per heavy atom. The number of rotatable bonds is 6. The Labute approximate surface area is 158 Å². The first-order valence-corrected chi connectivity index (χ1v) is 8.99. The smallest absolute Gasteiger partial charge is 0.355 e. The predicted molar refractivity (Wildman–Crippen MR) is 106 cm³/mol. The van der Waals surface area contributed by atoms with Crippen molar-refractivity contribution in [1.29, 1.82) is 0 Å². The molecule has 5 heteroatoms. The van der Waals surface area contributed by atoms with E-state index in [0.29, 0.717) is 17.1 Å². The molecular weight excluding hydrogens is 348 g/mol. The van der Waals surface area contributed by atoms with Gasteiger partial charge in [-0.3, -0.25) is 0 Å². The summed E-state index contributed by atoms with van der Waals surface area (Å²) in [5, 5.41) is 1.69. The van der Waals surface area contributed by atoms with Gasteiger partial charge in [0.05, 0.1) is 0 Å². The van der Waals surface area contributed by atoms with Crippen LogP contribution >= 0.6 is 11.6 Å². The van der Waals surface area contributed by atoms with Crippen LogP contribution in [0.15, 0.2) is 54.6 Å². The van der Waals surface area contributed by atoms with Gasteiger partial charge in [0.2, 0.25) is 0 Å². The van der Waals surface area contributed by atoms with Crippen LogP contribution in [0, 0.1) is 0 Å². The van der Waals surface area contributed by atoms with E-state index in [-0.39, 0.29) is 12.1 Å². The number of para-hydroxylation sites is 1. The zero-order valence-electron chi connectivity index (χ0n) is 15.3. The molecule has 0 radical (unpaired) electrons. The number of nitrogens with zero attached hydrogens (tertiary/aromatic N) is 2. The van der Waals surface area contributed by atoms with E-state index < -0.39 is 0 Å². The summed E-state index contributed by atoms with van der Waals surface area (Å²) in [4.78, 5) is 14.9. The number of aromatic nitrogens is 1. The van der Waals surface area contributed by atoms with Gasteiger partial charge in [-0.05, 0) is 43.9 Å². The lowest BCUT2D eigenvalue weighted by molar-refractivity contribution is 0.0251. The zero-order chi connectivity index (χ0) is 18.7. The Morgan fingerprint density at radius 3 is 2.50 bits per heavy atom. The summed E-state index contributed by atoms with van der Waals surface area (Å²) < 4.78 is 7.77. The lowest BCUT2D eigenvalue weighted by Crippen LogP contribution is -2.20. The van der Waals surface area contributed by atoms with Crippen LogP contribution in [0.4, 0.5) is 0 Å². The average molecular weight is 371 g/mol. The second-order valence-electron chi connectivity index (χ2n) is 6.68. The normalized spacial score (nSPS) is 12.5. The topological polar surface area (TPSA) is 34.5 Å². The van der Waals surface area contributed by atoms with Crippen molar-refractivity contribution in [2.45, 2.75) is 12.5 Å². The van der Waals surface area contributed by atoms with Crippen LogP contribution in [0.25, 0.3) is 10.9 Å². The number of aryl methyl sites for hydroxylation is 1. The monoisotopic (exact) mass is 370 g/mol. The highest BCUT2D eigenvalue weighted by Crippen LogP contribution is 2.26. The molecule has 4 nitrogen and oxygen atoms in total. The quantitative estimate of drug-likeness (QED) is 0.591. The van der Waals surface area contributed by atoms with Gasteiger partial charge in [0.15, 0.2) is 0 Å². The molecule has 1 aromatic heterocycles. The summed E-state index contributed by atoms with van der Waals surface area (Å²) in [5.41, 5.74) is 2.51. The maximum absolute atomic E-state index is 12.8. The Bertz CT molecular complexity index is 900. The molecule has 1 unspecified atom stereocenters. The lowest BCUT2D eigenvalue weighted by Gasteiger charge is -2.20. The zero-order valence-corrected chi connectivity index (χ0v) is 16.0. The number of carbonyl (C=O) groups is 1. The molecule has 0 spiro atoms. The predicted octanol–water partition coefficient (Wildman–Crippen LogP) is 4.68. The molecule has 1 atom stereocenters. The fraction of sp³-hybridized carbons (Fsp3) is 0.286. The summed E-state index contributed by atoms with van der Waals surface area (Å²) in [5.74, 6) is -0.317. The Balaban J connectivity index is 1.85. The van der Waals surface area contributed by atoms with Gasteiger partial charge in [0.1, 0.15) is 11.8 Å². The Hall–Kier alpha value is -2.30. The first-order valence-electron chi connectivity index (χ1n) is 8.61. The van der Waals surface area contributed by atoms with Gasteiger partial charge in [-0.15, -0.1) is 0 Å². The molecule has 0 amide bonds. The van der Waals surface area contributed by atoms with E-state index in [2.05, 4.69) is 4.90 Å². The van der Waals surface area contributed by atoms with Crippen LogP contribution in [-0.2, 0) is 11.8 Å². The molecule has 0 bridgehead atoms. The van der Waals surface area contributed by atoms with Gasteiger partial charge >= 0.3 is 5.97 Å². The van der Waals surface area contributed by atoms with Crippen molar-refractivity contribution in [3.05, 3.63) is 70.9 Å². The third kappa shape index (κ3) is 4.09. The second kappa shape index (κ2) is 7.94. The first-order chi connectivity index (χ1) is 12.5. The van der Waals surface area contributed by atoms with E-state index >= 15 is 0 Å². The highest BCUT2D eigenvalue weighted by Gasteiger charge is 2.21. The van der Waals surface area contributed by atoms with Gasteiger partial charge < -0.3 is 14.2 Å². The van der Waals surface area contributed by atoms with Gasteiger partial charge in [-0.2, -0.15) is 0 Å². The standard InChI is InChI=1S/C21H23ClN2O2/c1-23(2)13-12-20(15-8-10-17(22)11-9-15)26-21(25)19-14-16-6-4-5-7-18(16)24(19)3/h4-11,14,20H,12-13H2,1-3H3. The van der Waals surface area contributed by atoms with Crippen LogP contribution in [-0.4, -0.2) is 36.1 Å². The molecule has 0 aliphatic heterocycles.